The van der Waals surface area contributed by atoms with Crippen molar-refractivity contribution in [3.63, 3.8) is 0 Å². The summed E-state index contributed by atoms with van der Waals surface area (Å²) >= 11 is 0. The summed E-state index contributed by atoms with van der Waals surface area (Å²) in [6, 6.07) is 13.0. The number of piperidine rings is 1. The first kappa shape index (κ1) is 22.6. The van der Waals surface area contributed by atoms with Crippen LogP contribution in [-0.2, 0) is 14.9 Å². The summed E-state index contributed by atoms with van der Waals surface area (Å²) in [6.45, 7) is 0.375. The molecule has 0 atom stereocenters. The largest absolute Gasteiger partial charge is 0.573 e. The fourth-order valence-electron chi connectivity index (χ4n) is 3.01. The Balaban J connectivity index is 1.54. The summed E-state index contributed by atoms with van der Waals surface area (Å²) in [6.07, 6.45) is -2.82. The van der Waals surface area contributed by atoms with Gasteiger partial charge in [0, 0.05) is 25.9 Å². The molecule has 0 radical (unpaired) electrons. The first-order valence-electron chi connectivity index (χ1n) is 9.23. The van der Waals surface area contributed by atoms with Crippen LogP contribution in [0.1, 0.15) is 24.0 Å². The van der Waals surface area contributed by atoms with Crippen molar-refractivity contribution in [3.8, 4) is 11.8 Å². The van der Waals surface area contributed by atoms with Crippen LogP contribution in [0, 0.1) is 11.3 Å². The Morgan fingerprint density at radius 2 is 1.81 bits per heavy atom. The average molecular weight is 453 g/mol. The monoisotopic (exact) mass is 453 g/mol. The van der Waals surface area contributed by atoms with Crippen molar-refractivity contribution in [2.24, 2.45) is 5.16 Å². The third kappa shape index (κ3) is 6.19. The third-order valence-corrected chi connectivity index (χ3v) is 6.44. The van der Waals surface area contributed by atoms with Crippen LogP contribution in [0.5, 0.6) is 5.75 Å². The number of benzene rings is 2. The molecule has 2 aromatic carbocycles. The van der Waals surface area contributed by atoms with E-state index in [4.69, 9.17) is 10.1 Å². The van der Waals surface area contributed by atoms with E-state index in [2.05, 4.69) is 9.89 Å². The minimum Gasteiger partial charge on any atom is -0.406 e. The van der Waals surface area contributed by atoms with Crippen LogP contribution in [0.2, 0.25) is 0 Å². The molecule has 0 unspecified atom stereocenters. The highest BCUT2D eigenvalue weighted by atomic mass is 32.2. The van der Waals surface area contributed by atoms with E-state index in [1.54, 1.807) is 24.3 Å². The highest BCUT2D eigenvalue weighted by Crippen LogP contribution is 2.26. The number of rotatable bonds is 6. The van der Waals surface area contributed by atoms with Gasteiger partial charge in [-0.1, -0.05) is 17.3 Å². The highest BCUT2D eigenvalue weighted by Gasteiger charge is 2.32. The fourth-order valence-corrected chi connectivity index (χ4v) is 4.48. The van der Waals surface area contributed by atoms with Gasteiger partial charge in [0.25, 0.3) is 0 Å². The second-order valence-electron chi connectivity index (χ2n) is 6.70. The number of halogens is 3. The van der Waals surface area contributed by atoms with Gasteiger partial charge >= 0.3 is 6.36 Å². The maximum absolute atomic E-state index is 12.7. The number of nitriles is 1. The van der Waals surface area contributed by atoms with Crippen molar-refractivity contribution < 1.29 is 31.2 Å². The molecule has 1 heterocycles. The Kier molecular flexibility index (Phi) is 6.82. The summed E-state index contributed by atoms with van der Waals surface area (Å²) < 4.78 is 67.2. The quantitative estimate of drug-likeness (QED) is 0.492. The molecule has 7 nitrogen and oxygen atoms in total. The predicted molar refractivity (Wildman–Crippen MR) is 105 cm³/mol. The van der Waals surface area contributed by atoms with Crippen molar-refractivity contribution >= 4 is 16.2 Å². The molecule has 2 aromatic rings. The van der Waals surface area contributed by atoms with E-state index in [1.165, 1.54) is 10.5 Å². The molecule has 0 aliphatic carbocycles. The van der Waals surface area contributed by atoms with Crippen LogP contribution in [-0.4, -0.2) is 44.5 Å². The summed E-state index contributed by atoms with van der Waals surface area (Å²) in [7, 11) is -3.85. The SMILES string of the molecule is N#Cc1cccc(C=NOC2CCN(S(=O)(=O)c3ccc(OC(F)(F)F)cc3)CC2)c1. The van der Waals surface area contributed by atoms with Gasteiger partial charge in [0.15, 0.2) is 0 Å². The maximum Gasteiger partial charge on any atom is 0.573 e. The summed E-state index contributed by atoms with van der Waals surface area (Å²) in [5, 5.41) is 12.8. The molecule has 1 saturated heterocycles. The van der Waals surface area contributed by atoms with Gasteiger partial charge in [-0.3, -0.25) is 0 Å². The van der Waals surface area contributed by atoms with E-state index in [-0.39, 0.29) is 24.1 Å². The minimum atomic E-state index is -4.84. The van der Waals surface area contributed by atoms with Crippen LogP contribution in [0.3, 0.4) is 0 Å². The Labute approximate surface area is 177 Å². The second kappa shape index (κ2) is 9.36. The third-order valence-electron chi connectivity index (χ3n) is 4.52. The van der Waals surface area contributed by atoms with Crippen molar-refractivity contribution in [3.05, 3.63) is 59.7 Å². The van der Waals surface area contributed by atoms with Gasteiger partial charge in [0.2, 0.25) is 10.0 Å². The molecule has 11 heteroatoms. The number of ether oxygens (including phenoxy) is 1. The van der Waals surface area contributed by atoms with E-state index < -0.39 is 22.1 Å². The molecular formula is C20H18F3N3O4S. The average Bonchev–Trinajstić information content (AvgIpc) is 2.73. The maximum atomic E-state index is 12.7. The Hall–Kier alpha value is -3.10. The van der Waals surface area contributed by atoms with Crippen LogP contribution in [0.25, 0.3) is 0 Å². The van der Waals surface area contributed by atoms with Gasteiger partial charge in [0.05, 0.1) is 22.7 Å². The minimum absolute atomic E-state index is 0.114. The molecule has 1 aliphatic heterocycles. The van der Waals surface area contributed by atoms with Crippen LogP contribution in [0.15, 0.2) is 58.6 Å². The zero-order chi connectivity index (χ0) is 22.5. The number of alkyl halides is 3. The lowest BCUT2D eigenvalue weighted by atomic mass is 10.1. The number of hydrogen-bond donors (Lipinski definition) is 0. The smallest absolute Gasteiger partial charge is 0.406 e. The molecule has 31 heavy (non-hydrogen) atoms. The van der Waals surface area contributed by atoms with E-state index in [0.29, 0.717) is 24.0 Å². The molecule has 0 bridgehead atoms. The Morgan fingerprint density at radius 1 is 1.13 bits per heavy atom. The van der Waals surface area contributed by atoms with Gasteiger partial charge in [-0.2, -0.15) is 9.57 Å². The molecule has 0 amide bonds. The Morgan fingerprint density at radius 3 is 2.42 bits per heavy atom. The van der Waals surface area contributed by atoms with E-state index in [9.17, 15) is 21.6 Å². The zero-order valence-electron chi connectivity index (χ0n) is 16.1. The second-order valence-corrected chi connectivity index (χ2v) is 8.64. The zero-order valence-corrected chi connectivity index (χ0v) is 16.9. The summed E-state index contributed by atoms with van der Waals surface area (Å²) in [5.41, 5.74) is 1.21. The van der Waals surface area contributed by atoms with Crippen molar-refractivity contribution in [1.29, 1.82) is 5.26 Å². The lowest BCUT2D eigenvalue weighted by Crippen LogP contribution is -2.40. The molecule has 0 N–H and O–H groups in total. The van der Waals surface area contributed by atoms with Crippen molar-refractivity contribution in [2.75, 3.05) is 13.1 Å². The van der Waals surface area contributed by atoms with Crippen LogP contribution >= 0.6 is 0 Å². The molecule has 0 saturated carbocycles. The first-order valence-corrected chi connectivity index (χ1v) is 10.7. The Bertz CT molecular complexity index is 1070. The molecule has 0 spiro atoms. The molecule has 3 rings (SSSR count). The molecule has 1 fully saturated rings. The van der Waals surface area contributed by atoms with Crippen molar-refractivity contribution in [2.45, 2.75) is 30.2 Å². The van der Waals surface area contributed by atoms with E-state index >= 15 is 0 Å². The highest BCUT2D eigenvalue weighted by molar-refractivity contribution is 7.89. The summed E-state index contributed by atoms with van der Waals surface area (Å²) in [5.74, 6) is -0.489. The molecule has 164 valence electrons. The van der Waals surface area contributed by atoms with Crippen molar-refractivity contribution in [1.82, 2.24) is 4.31 Å². The van der Waals surface area contributed by atoms with E-state index in [1.807, 2.05) is 6.07 Å². The molecule has 1 aliphatic rings. The topological polar surface area (TPSA) is 92.0 Å². The van der Waals surface area contributed by atoms with Crippen LogP contribution in [0.4, 0.5) is 13.2 Å². The predicted octanol–water partition coefficient (Wildman–Crippen LogP) is 3.66. The number of hydrogen-bond acceptors (Lipinski definition) is 6. The lowest BCUT2D eigenvalue weighted by molar-refractivity contribution is -0.274. The normalized spacial score (nSPS) is 16.2. The van der Waals surface area contributed by atoms with Gasteiger partial charge in [-0.05, 0) is 42.0 Å². The van der Waals surface area contributed by atoms with Gasteiger partial charge in [-0.25, -0.2) is 8.42 Å². The number of oxime groups is 1. The molecule has 0 aromatic heterocycles. The standard InChI is InChI=1S/C20H18F3N3O4S/c21-20(22,23)29-17-4-6-19(7-5-17)31(27,28)26-10-8-18(9-11-26)30-25-14-16-3-1-2-15(12-16)13-24/h1-7,12,14,18H,8-11H2. The lowest BCUT2D eigenvalue weighted by Gasteiger charge is -2.29. The van der Waals surface area contributed by atoms with E-state index in [0.717, 1.165) is 24.3 Å². The van der Waals surface area contributed by atoms with Crippen LogP contribution < -0.4 is 4.74 Å². The first-order chi connectivity index (χ1) is 14.7. The van der Waals surface area contributed by atoms with Gasteiger partial charge in [-0.15, -0.1) is 13.2 Å². The molecular weight excluding hydrogens is 435 g/mol. The summed E-state index contributed by atoms with van der Waals surface area (Å²) in [4.78, 5) is 5.32. The van der Waals surface area contributed by atoms with Gasteiger partial charge < -0.3 is 9.57 Å². The van der Waals surface area contributed by atoms with Gasteiger partial charge in [0.1, 0.15) is 11.9 Å². The number of sulfonamides is 1. The fraction of sp³-hybridized carbons (Fsp3) is 0.300. The number of nitrogens with zero attached hydrogens (tertiary/aromatic N) is 3.